The molecule has 1 amide bonds. The lowest BCUT2D eigenvalue weighted by Crippen LogP contribution is -2.48. The second-order valence-corrected chi connectivity index (χ2v) is 7.56. The molecule has 1 atom stereocenters. The Labute approximate surface area is 171 Å². The first kappa shape index (κ1) is 20.1. The van der Waals surface area contributed by atoms with Crippen molar-refractivity contribution in [3.05, 3.63) is 64.4 Å². The van der Waals surface area contributed by atoms with Gasteiger partial charge in [-0.1, -0.05) is 35.9 Å². The highest BCUT2D eigenvalue weighted by Gasteiger charge is 2.19. The van der Waals surface area contributed by atoms with E-state index in [9.17, 15) is 4.79 Å². The Morgan fingerprint density at radius 3 is 2.75 bits per heavy atom. The van der Waals surface area contributed by atoms with Crippen LogP contribution in [0.3, 0.4) is 0 Å². The zero-order chi connectivity index (χ0) is 19.9. The van der Waals surface area contributed by atoms with Crippen molar-refractivity contribution in [1.82, 2.24) is 20.5 Å². The van der Waals surface area contributed by atoms with Crippen LogP contribution in [0.4, 0.5) is 0 Å². The number of carbonyl (C=O) groups excluding carboxylic acids is 1. The van der Waals surface area contributed by atoms with Gasteiger partial charge in [0.2, 0.25) is 5.91 Å². The highest BCUT2D eigenvalue weighted by Crippen LogP contribution is 2.21. The lowest BCUT2D eigenvalue weighted by molar-refractivity contribution is -0.127. The molecule has 3 rings (SSSR count). The first-order chi connectivity index (χ1) is 13.5. The fraction of sp³-hybridized carbons (Fsp3) is 0.381. The fourth-order valence-electron chi connectivity index (χ4n) is 3.14. The van der Waals surface area contributed by atoms with Gasteiger partial charge in [0.25, 0.3) is 0 Å². The van der Waals surface area contributed by atoms with Gasteiger partial charge in [0.15, 0.2) is 5.96 Å². The maximum absolute atomic E-state index is 12.0. The number of aromatic nitrogens is 1. The number of rotatable bonds is 5. The molecular weight excluding hydrogens is 374 g/mol. The molecule has 0 bridgehead atoms. The van der Waals surface area contributed by atoms with Gasteiger partial charge in [0, 0.05) is 26.3 Å². The third-order valence-corrected chi connectivity index (χ3v) is 5.00. The Morgan fingerprint density at radius 1 is 1.25 bits per heavy atom. The van der Waals surface area contributed by atoms with Crippen molar-refractivity contribution in [1.29, 1.82) is 0 Å². The number of nitrogens with one attached hydrogen (secondary N) is 2. The summed E-state index contributed by atoms with van der Waals surface area (Å²) in [5, 5.41) is 7.23. The number of amides is 1. The topological polar surface area (TPSA) is 69.6 Å². The number of guanidine groups is 1. The molecule has 2 N–H and O–H groups in total. The Balaban J connectivity index is 1.67. The van der Waals surface area contributed by atoms with Gasteiger partial charge in [-0.2, -0.15) is 0 Å². The number of carbonyl (C=O) groups is 1. The predicted octanol–water partition coefficient (Wildman–Crippen LogP) is 2.42. The monoisotopic (exact) mass is 399 g/mol. The molecule has 0 radical (unpaired) electrons. The molecule has 0 spiro atoms. The summed E-state index contributed by atoms with van der Waals surface area (Å²) in [4.78, 5) is 22.4. The molecule has 6 nitrogen and oxygen atoms in total. The Morgan fingerprint density at radius 2 is 2.04 bits per heavy atom. The molecule has 1 aliphatic rings. The van der Waals surface area contributed by atoms with Gasteiger partial charge in [-0.15, -0.1) is 0 Å². The maximum Gasteiger partial charge on any atom is 0.241 e. The lowest BCUT2D eigenvalue weighted by Gasteiger charge is -2.27. The second kappa shape index (κ2) is 9.55. The minimum Gasteiger partial charge on any atom is -0.353 e. The number of pyridine rings is 1. The second-order valence-electron chi connectivity index (χ2n) is 7.13. The summed E-state index contributed by atoms with van der Waals surface area (Å²) < 4.78 is 0. The van der Waals surface area contributed by atoms with E-state index in [1.54, 1.807) is 31.3 Å². The van der Waals surface area contributed by atoms with Crippen LogP contribution in [-0.2, 0) is 24.2 Å². The number of halogens is 1. The molecule has 0 saturated carbocycles. The smallest absolute Gasteiger partial charge is 0.241 e. The molecule has 0 aliphatic heterocycles. The van der Waals surface area contributed by atoms with Crippen LogP contribution in [0.25, 0.3) is 0 Å². The third kappa shape index (κ3) is 5.70. The van der Waals surface area contributed by atoms with Gasteiger partial charge in [0.05, 0.1) is 23.8 Å². The third-order valence-electron chi connectivity index (χ3n) is 4.78. The van der Waals surface area contributed by atoms with Gasteiger partial charge in [0.1, 0.15) is 0 Å². The van der Waals surface area contributed by atoms with Crippen molar-refractivity contribution in [3.8, 4) is 0 Å². The molecule has 2 aromatic rings. The molecule has 148 valence electrons. The Bertz CT molecular complexity index is 835. The summed E-state index contributed by atoms with van der Waals surface area (Å²) >= 11 is 5.89. The van der Waals surface area contributed by atoms with E-state index >= 15 is 0 Å². The van der Waals surface area contributed by atoms with E-state index in [0.717, 1.165) is 25.0 Å². The number of aliphatic imine (C=N–C) groups is 1. The maximum atomic E-state index is 12.0. The first-order valence-corrected chi connectivity index (χ1v) is 9.81. The standard InChI is InChI=1S/C21H26ClN5O/c1-27(2)20(28)14-25-21(24-13-19-10-8-17(22)12-23-19)26-18-9-7-15-5-3-4-6-16(15)11-18/h3-6,8,10,12,18H,7,9,11,13-14H2,1-2H3,(H2,24,25,26). The van der Waals surface area contributed by atoms with Crippen molar-refractivity contribution in [3.63, 3.8) is 0 Å². The number of hydrogen-bond acceptors (Lipinski definition) is 3. The van der Waals surface area contributed by atoms with Gasteiger partial charge < -0.3 is 15.5 Å². The summed E-state index contributed by atoms with van der Waals surface area (Å²) in [5.41, 5.74) is 3.60. The zero-order valence-electron chi connectivity index (χ0n) is 16.3. The average molecular weight is 400 g/mol. The molecule has 1 heterocycles. The minimum absolute atomic E-state index is 0.00638. The highest BCUT2D eigenvalue weighted by atomic mass is 35.5. The van der Waals surface area contributed by atoms with Crippen LogP contribution in [0.1, 0.15) is 23.2 Å². The predicted molar refractivity (Wildman–Crippen MR) is 112 cm³/mol. The molecule has 1 unspecified atom stereocenters. The van der Waals surface area contributed by atoms with Crippen molar-refractivity contribution >= 4 is 23.5 Å². The van der Waals surface area contributed by atoms with Crippen LogP contribution in [0.2, 0.25) is 5.02 Å². The van der Waals surface area contributed by atoms with Gasteiger partial charge in [-0.25, -0.2) is 4.99 Å². The molecule has 1 aromatic carbocycles. The summed E-state index contributed by atoms with van der Waals surface area (Å²) in [6.07, 6.45) is 4.62. The van der Waals surface area contributed by atoms with Crippen molar-refractivity contribution in [2.24, 2.45) is 4.99 Å². The number of aryl methyl sites for hydroxylation is 1. The first-order valence-electron chi connectivity index (χ1n) is 9.43. The van der Waals surface area contributed by atoms with Crippen molar-refractivity contribution in [2.75, 3.05) is 20.6 Å². The van der Waals surface area contributed by atoms with Gasteiger partial charge in [-0.05, 0) is 42.5 Å². The molecule has 7 heteroatoms. The van der Waals surface area contributed by atoms with Crippen LogP contribution in [0.15, 0.2) is 47.6 Å². The summed E-state index contributed by atoms with van der Waals surface area (Å²) in [6, 6.07) is 12.5. The molecule has 1 aromatic heterocycles. The van der Waals surface area contributed by atoms with E-state index in [1.165, 1.54) is 11.1 Å². The van der Waals surface area contributed by atoms with Crippen LogP contribution >= 0.6 is 11.6 Å². The Kier molecular flexibility index (Phi) is 6.87. The number of nitrogens with zero attached hydrogens (tertiary/aromatic N) is 3. The van der Waals surface area contributed by atoms with E-state index in [2.05, 4.69) is 44.9 Å². The molecule has 0 fully saturated rings. The molecular formula is C21H26ClN5O. The van der Waals surface area contributed by atoms with Crippen LogP contribution in [0, 0.1) is 0 Å². The number of fused-ring (bicyclic) bond motifs is 1. The van der Waals surface area contributed by atoms with Crippen LogP contribution in [0.5, 0.6) is 0 Å². The van der Waals surface area contributed by atoms with Gasteiger partial charge in [-0.3, -0.25) is 9.78 Å². The number of benzene rings is 1. The SMILES string of the molecule is CN(C)C(=O)CNC(=NCc1ccc(Cl)cn1)NC1CCc2ccccc2C1. The number of likely N-dealkylation sites (N-methyl/N-ethyl adjacent to an activating group) is 1. The summed E-state index contributed by atoms with van der Waals surface area (Å²) in [7, 11) is 3.48. The van der Waals surface area contributed by atoms with E-state index in [-0.39, 0.29) is 18.5 Å². The largest absolute Gasteiger partial charge is 0.353 e. The molecule has 1 aliphatic carbocycles. The Hall–Kier alpha value is -2.60. The van der Waals surface area contributed by atoms with E-state index < -0.39 is 0 Å². The van der Waals surface area contributed by atoms with Crippen molar-refractivity contribution < 1.29 is 4.79 Å². The summed E-state index contributed by atoms with van der Waals surface area (Å²) in [6.45, 7) is 0.599. The average Bonchev–Trinajstić information content (AvgIpc) is 2.70. The quantitative estimate of drug-likeness (QED) is 0.598. The summed E-state index contributed by atoms with van der Waals surface area (Å²) in [5.74, 6) is 0.615. The van der Waals surface area contributed by atoms with Crippen LogP contribution < -0.4 is 10.6 Å². The van der Waals surface area contributed by atoms with Gasteiger partial charge >= 0.3 is 0 Å². The van der Waals surface area contributed by atoms with E-state index in [1.807, 2.05) is 6.07 Å². The molecule has 0 saturated heterocycles. The number of hydrogen-bond donors (Lipinski definition) is 2. The van der Waals surface area contributed by atoms with E-state index in [0.29, 0.717) is 17.5 Å². The normalized spacial score (nSPS) is 16.2. The molecule has 28 heavy (non-hydrogen) atoms. The minimum atomic E-state index is -0.00638. The highest BCUT2D eigenvalue weighted by molar-refractivity contribution is 6.30. The van der Waals surface area contributed by atoms with Crippen LogP contribution in [-0.4, -0.2) is 48.4 Å². The van der Waals surface area contributed by atoms with E-state index in [4.69, 9.17) is 11.6 Å². The fourth-order valence-corrected chi connectivity index (χ4v) is 3.26. The lowest BCUT2D eigenvalue weighted by atomic mass is 9.88. The van der Waals surface area contributed by atoms with Crippen molar-refractivity contribution in [2.45, 2.75) is 31.8 Å². The zero-order valence-corrected chi connectivity index (χ0v) is 17.0.